The highest BCUT2D eigenvalue weighted by Crippen LogP contribution is 2.41. The van der Waals surface area contributed by atoms with Gasteiger partial charge in [-0.15, -0.1) is 0 Å². The van der Waals surface area contributed by atoms with Crippen molar-refractivity contribution in [2.24, 2.45) is 0 Å². The van der Waals surface area contributed by atoms with Crippen LogP contribution in [0.2, 0.25) is 0 Å². The molecule has 0 saturated heterocycles. The zero-order valence-electron chi connectivity index (χ0n) is 15.3. The molecule has 2 heterocycles. The van der Waals surface area contributed by atoms with Gasteiger partial charge in [0.15, 0.2) is 5.78 Å². The molecule has 3 atom stereocenters. The van der Waals surface area contributed by atoms with Gasteiger partial charge in [-0.25, -0.2) is 4.98 Å². The summed E-state index contributed by atoms with van der Waals surface area (Å²) in [6.07, 6.45) is 3.05. The number of Topliss-reactive ketones (excluding diaryl/α,β-unsaturated/α-hetero) is 1. The fraction of sp³-hybridized carbons (Fsp3) is 0.182. The lowest BCUT2D eigenvalue weighted by molar-refractivity contribution is -0.119. The quantitative estimate of drug-likeness (QED) is 0.713. The van der Waals surface area contributed by atoms with Crippen LogP contribution in [0.4, 0.5) is 0 Å². The molecule has 0 radical (unpaired) electrons. The first-order valence-electron chi connectivity index (χ1n) is 9.06. The first-order chi connectivity index (χ1) is 13.6. The number of aromatic nitrogens is 2. The Morgan fingerprint density at radius 3 is 2.29 bits per heavy atom. The Balaban J connectivity index is 1.91. The minimum Gasteiger partial charge on any atom is -0.344 e. The number of benzene rings is 2. The van der Waals surface area contributed by atoms with Crippen molar-refractivity contribution in [3.05, 3.63) is 90.0 Å². The number of rotatable bonds is 4. The minimum absolute atomic E-state index is 0.134. The number of hydrogen-bond acceptors (Lipinski definition) is 4. The number of amides is 1. The normalized spacial score (nSPS) is 21.0. The highest BCUT2D eigenvalue weighted by molar-refractivity contribution is 6.04. The minimum atomic E-state index is -0.862. The third kappa shape index (κ3) is 3.03. The Hall–Kier alpha value is -3.54. The summed E-state index contributed by atoms with van der Waals surface area (Å²) in [7, 11) is 0. The molecule has 3 aromatic rings. The SMILES string of the molecule is CC(=O)NC1C(=O)n2ccnc2C(C(=O)c2ccccc2)C1c1ccccc1. The molecule has 0 bridgehead atoms. The summed E-state index contributed by atoms with van der Waals surface area (Å²) >= 11 is 0. The van der Waals surface area contributed by atoms with E-state index in [1.54, 1.807) is 30.5 Å². The maximum atomic E-state index is 13.5. The first-order valence-corrected chi connectivity index (χ1v) is 9.06. The molecule has 4 rings (SSSR count). The molecule has 140 valence electrons. The van der Waals surface area contributed by atoms with Gasteiger partial charge in [-0.1, -0.05) is 60.7 Å². The van der Waals surface area contributed by atoms with Gasteiger partial charge < -0.3 is 5.32 Å². The molecule has 1 N–H and O–H groups in total. The summed E-state index contributed by atoms with van der Waals surface area (Å²) < 4.78 is 1.38. The fourth-order valence-electron chi connectivity index (χ4n) is 3.88. The molecule has 0 aliphatic carbocycles. The van der Waals surface area contributed by atoms with Crippen molar-refractivity contribution in [2.45, 2.75) is 24.8 Å². The number of nitrogens with one attached hydrogen (secondary N) is 1. The molecule has 1 aromatic heterocycles. The molecule has 1 aliphatic heterocycles. The Morgan fingerprint density at radius 1 is 1.00 bits per heavy atom. The third-order valence-corrected chi connectivity index (χ3v) is 5.05. The van der Waals surface area contributed by atoms with E-state index in [1.807, 2.05) is 36.4 Å². The largest absolute Gasteiger partial charge is 0.344 e. The van der Waals surface area contributed by atoms with E-state index in [2.05, 4.69) is 10.3 Å². The van der Waals surface area contributed by atoms with Crippen LogP contribution < -0.4 is 5.32 Å². The van der Waals surface area contributed by atoms with Gasteiger partial charge in [-0.05, 0) is 5.56 Å². The summed E-state index contributed by atoms with van der Waals surface area (Å²) in [5, 5.41) is 2.76. The second kappa shape index (κ2) is 7.23. The van der Waals surface area contributed by atoms with Crippen molar-refractivity contribution in [1.29, 1.82) is 0 Å². The van der Waals surface area contributed by atoms with Gasteiger partial charge >= 0.3 is 0 Å². The van der Waals surface area contributed by atoms with Gasteiger partial charge in [0.25, 0.3) is 5.91 Å². The Morgan fingerprint density at radius 2 is 1.64 bits per heavy atom. The van der Waals surface area contributed by atoms with Crippen LogP contribution in [-0.2, 0) is 4.79 Å². The van der Waals surface area contributed by atoms with Crippen LogP contribution in [0.1, 0.15) is 45.3 Å². The molecule has 1 aliphatic rings. The van der Waals surface area contributed by atoms with E-state index in [9.17, 15) is 14.4 Å². The number of nitrogens with zero attached hydrogens (tertiary/aromatic N) is 2. The van der Waals surface area contributed by atoms with E-state index in [4.69, 9.17) is 0 Å². The van der Waals surface area contributed by atoms with Crippen molar-refractivity contribution in [3.8, 4) is 0 Å². The molecular formula is C22H19N3O3. The third-order valence-electron chi connectivity index (χ3n) is 5.05. The predicted molar refractivity (Wildman–Crippen MR) is 103 cm³/mol. The monoisotopic (exact) mass is 373 g/mol. The van der Waals surface area contributed by atoms with E-state index >= 15 is 0 Å². The van der Waals surface area contributed by atoms with Gasteiger partial charge in [0.05, 0.1) is 5.92 Å². The average Bonchev–Trinajstić information content (AvgIpc) is 3.20. The van der Waals surface area contributed by atoms with Gasteiger partial charge in [-0.3, -0.25) is 19.0 Å². The topological polar surface area (TPSA) is 81.1 Å². The summed E-state index contributed by atoms with van der Waals surface area (Å²) in [6, 6.07) is 17.4. The molecule has 3 unspecified atom stereocenters. The number of carbonyl (C=O) groups is 3. The van der Waals surface area contributed by atoms with Crippen molar-refractivity contribution in [2.75, 3.05) is 0 Å². The summed E-state index contributed by atoms with van der Waals surface area (Å²) in [5.41, 5.74) is 1.34. The Bertz CT molecular complexity index is 1030. The van der Waals surface area contributed by atoms with Crippen LogP contribution in [-0.4, -0.2) is 33.2 Å². The predicted octanol–water partition coefficient (Wildman–Crippen LogP) is 2.79. The Kier molecular flexibility index (Phi) is 4.61. The van der Waals surface area contributed by atoms with Gasteiger partial charge in [0, 0.05) is 30.8 Å². The van der Waals surface area contributed by atoms with E-state index in [0.29, 0.717) is 11.4 Å². The zero-order valence-corrected chi connectivity index (χ0v) is 15.3. The average molecular weight is 373 g/mol. The molecule has 0 spiro atoms. The van der Waals surface area contributed by atoms with Crippen molar-refractivity contribution in [1.82, 2.24) is 14.9 Å². The van der Waals surface area contributed by atoms with Crippen molar-refractivity contribution >= 4 is 17.6 Å². The summed E-state index contributed by atoms with van der Waals surface area (Å²) in [6.45, 7) is 1.37. The smallest absolute Gasteiger partial charge is 0.255 e. The second-order valence-corrected chi connectivity index (χ2v) is 6.82. The molecule has 2 aromatic carbocycles. The molecular weight excluding hydrogens is 354 g/mol. The van der Waals surface area contributed by atoms with Crippen LogP contribution in [0.3, 0.4) is 0 Å². The van der Waals surface area contributed by atoms with E-state index in [1.165, 1.54) is 17.7 Å². The van der Waals surface area contributed by atoms with Crippen LogP contribution in [0.15, 0.2) is 73.1 Å². The maximum absolute atomic E-state index is 13.5. The van der Waals surface area contributed by atoms with E-state index in [-0.39, 0.29) is 17.6 Å². The first kappa shape index (κ1) is 17.9. The van der Waals surface area contributed by atoms with Gasteiger partial charge in [-0.2, -0.15) is 0 Å². The second-order valence-electron chi connectivity index (χ2n) is 6.82. The van der Waals surface area contributed by atoms with Crippen molar-refractivity contribution < 1.29 is 14.4 Å². The lowest BCUT2D eigenvalue weighted by atomic mass is 9.74. The van der Waals surface area contributed by atoms with Crippen LogP contribution in [0.5, 0.6) is 0 Å². The van der Waals surface area contributed by atoms with Crippen LogP contribution in [0, 0.1) is 0 Å². The highest BCUT2D eigenvalue weighted by Gasteiger charge is 2.47. The molecule has 1 amide bonds. The number of fused-ring (bicyclic) bond motifs is 1. The molecule has 0 saturated carbocycles. The number of hydrogen-bond donors (Lipinski definition) is 1. The lowest BCUT2D eigenvalue weighted by Gasteiger charge is -2.37. The molecule has 6 heteroatoms. The fourth-order valence-corrected chi connectivity index (χ4v) is 3.88. The maximum Gasteiger partial charge on any atom is 0.255 e. The van der Waals surface area contributed by atoms with E-state index in [0.717, 1.165) is 5.56 Å². The number of ketones is 1. The summed E-state index contributed by atoms with van der Waals surface area (Å²) in [4.78, 5) is 42.8. The standard InChI is InChI=1S/C22H19N3O3/c1-14(26)24-19-17(15-8-4-2-5-9-15)18(20(27)16-10-6-3-7-11-16)21-23-12-13-25(21)22(19)28/h2-13,17-19H,1H3,(H,24,26). The van der Waals surface area contributed by atoms with E-state index < -0.39 is 17.9 Å². The van der Waals surface area contributed by atoms with Crippen LogP contribution in [0.25, 0.3) is 0 Å². The number of carbonyl (C=O) groups excluding carboxylic acids is 3. The number of imidazole rings is 1. The summed E-state index contributed by atoms with van der Waals surface area (Å²) in [5.74, 6) is -1.61. The highest BCUT2D eigenvalue weighted by atomic mass is 16.2. The van der Waals surface area contributed by atoms with Gasteiger partial charge in [0.1, 0.15) is 11.9 Å². The van der Waals surface area contributed by atoms with Crippen LogP contribution >= 0.6 is 0 Å². The Labute approximate surface area is 162 Å². The lowest BCUT2D eigenvalue weighted by Crippen LogP contribution is -2.52. The van der Waals surface area contributed by atoms with Crippen molar-refractivity contribution in [3.63, 3.8) is 0 Å². The molecule has 6 nitrogen and oxygen atoms in total. The zero-order chi connectivity index (χ0) is 19.7. The molecule has 28 heavy (non-hydrogen) atoms. The van der Waals surface area contributed by atoms with Gasteiger partial charge in [0.2, 0.25) is 5.91 Å². The molecule has 0 fully saturated rings.